The smallest absolute Gasteiger partial charge is 0.343 e. The van der Waals surface area contributed by atoms with Crippen LogP contribution in [0.3, 0.4) is 0 Å². The molecule has 0 bridgehead atoms. The number of nitrogens with one attached hydrogen (secondary N) is 1. The van der Waals surface area contributed by atoms with Crippen LogP contribution in [-0.2, 0) is 11.3 Å². The SMILES string of the molecule is COc1cc(OC(=O)c2ccccc2C)ccc1-c1ccc2c3c1CN(c1ccccc1OC)N3C(=O)C(C)(C)N2. The number of anilines is 3. The molecule has 208 valence electrons. The van der Waals surface area contributed by atoms with E-state index in [9.17, 15) is 9.59 Å². The molecule has 6 rings (SSSR count). The zero-order valence-corrected chi connectivity index (χ0v) is 23.6. The molecule has 0 radical (unpaired) electrons. The third-order valence-corrected chi connectivity index (χ3v) is 7.62. The standard InChI is InChI=1S/C33H31N3O5/c1-20-10-6-7-11-22(20)31(37)41-21-14-15-24(29(18-21)40-5)23-16-17-26-30-25(23)19-35(27-12-8-9-13-28(27)39-4)36(30)32(38)33(2,3)34-26/h6-18,34H,19H2,1-5H3. The summed E-state index contributed by atoms with van der Waals surface area (Å²) in [4.78, 5) is 26.7. The first-order valence-corrected chi connectivity index (χ1v) is 13.4. The van der Waals surface area contributed by atoms with E-state index in [2.05, 4.69) is 5.32 Å². The second-order valence-corrected chi connectivity index (χ2v) is 10.7. The van der Waals surface area contributed by atoms with Gasteiger partial charge in [-0.15, -0.1) is 0 Å². The summed E-state index contributed by atoms with van der Waals surface area (Å²) in [5.74, 6) is 1.10. The normalized spacial score (nSPS) is 14.8. The van der Waals surface area contributed by atoms with E-state index >= 15 is 0 Å². The quantitative estimate of drug-likeness (QED) is 0.221. The predicted molar refractivity (Wildman–Crippen MR) is 159 cm³/mol. The number of methoxy groups -OCH3 is 2. The van der Waals surface area contributed by atoms with Crippen LogP contribution in [0.2, 0.25) is 0 Å². The van der Waals surface area contributed by atoms with E-state index in [-0.39, 0.29) is 5.91 Å². The van der Waals surface area contributed by atoms with Crippen LogP contribution in [-0.4, -0.2) is 31.6 Å². The molecular weight excluding hydrogens is 518 g/mol. The van der Waals surface area contributed by atoms with Crippen LogP contribution < -0.4 is 29.5 Å². The molecule has 0 saturated heterocycles. The number of amides is 1. The van der Waals surface area contributed by atoms with E-state index < -0.39 is 11.5 Å². The lowest BCUT2D eigenvalue weighted by molar-refractivity contribution is -0.122. The molecule has 4 aromatic rings. The third kappa shape index (κ3) is 4.32. The van der Waals surface area contributed by atoms with Crippen molar-refractivity contribution in [3.63, 3.8) is 0 Å². The number of hydrogen-bond donors (Lipinski definition) is 1. The van der Waals surface area contributed by atoms with Gasteiger partial charge in [-0.25, -0.2) is 9.80 Å². The van der Waals surface area contributed by atoms with Gasteiger partial charge >= 0.3 is 5.97 Å². The van der Waals surface area contributed by atoms with E-state index in [0.717, 1.165) is 39.3 Å². The Bertz CT molecular complexity index is 1700. The van der Waals surface area contributed by atoms with Crippen molar-refractivity contribution in [3.8, 4) is 28.4 Å². The van der Waals surface area contributed by atoms with E-state index in [0.29, 0.717) is 29.4 Å². The summed E-state index contributed by atoms with van der Waals surface area (Å²) in [6, 6.07) is 24.4. The first kappa shape index (κ1) is 26.3. The number of carbonyl (C=O) groups is 2. The van der Waals surface area contributed by atoms with Gasteiger partial charge in [0.15, 0.2) is 0 Å². The van der Waals surface area contributed by atoms with Crippen LogP contribution in [0, 0.1) is 6.92 Å². The third-order valence-electron chi connectivity index (χ3n) is 7.62. The highest BCUT2D eigenvalue weighted by Crippen LogP contribution is 2.51. The minimum Gasteiger partial charge on any atom is -0.496 e. The van der Waals surface area contributed by atoms with Gasteiger partial charge in [0.2, 0.25) is 0 Å². The van der Waals surface area contributed by atoms with Gasteiger partial charge in [-0.2, -0.15) is 0 Å². The molecule has 2 aliphatic heterocycles. The molecule has 1 N–H and O–H groups in total. The second kappa shape index (κ2) is 9.89. The number of carbonyl (C=O) groups excluding carboxylic acids is 2. The summed E-state index contributed by atoms with van der Waals surface area (Å²) >= 11 is 0. The molecule has 0 fully saturated rings. The Morgan fingerprint density at radius 3 is 2.34 bits per heavy atom. The van der Waals surface area contributed by atoms with Gasteiger partial charge in [-0.3, -0.25) is 9.80 Å². The topological polar surface area (TPSA) is 80.3 Å². The molecule has 0 saturated carbocycles. The number of hydrazine groups is 1. The van der Waals surface area contributed by atoms with E-state index in [4.69, 9.17) is 14.2 Å². The number of aryl methyl sites for hydroxylation is 1. The van der Waals surface area contributed by atoms with Crippen LogP contribution >= 0.6 is 0 Å². The molecule has 41 heavy (non-hydrogen) atoms. The van der Waals surface area contributed by atoms with Crippen molar-refractivity contribution in [2.45, 2.75) is 32.9 Å². The van der Waals surface area contributed by atoms with Crippen molar-refractivity contribution in [1.29, 1.82) is 0 Å². The van der Waals surface area contributed by atoms with E-state index in [1.54, 1.807) is 37.4 Å². The summed E-state index contributed by atoms with van der Waals surface area (Å²) < 4.78 is 17.2. The summed E-state index contributed by atoms with van der Waals surface area (Å²) in [7, 11) is 3.21. The molecule has 0 aromatic heterocycles. The number of esters is 1. The Kier molecular flexibility index (Phi) is 6.33. The fourth-order valence-corrected chi connectivity index (χ4v) is 5.56. The zero-order chi connectivity index (χ0) is 28.9. The summed E-state index contributed by atoms with van der Waals surface area (Å²) in [5.41, 5.74) is 5.70. The number of nitrogens with zero attached hydrogens (tertiary/aromatic N) is 2. The minimum atomic E-state index is -0.809. The maximum atomic E-state index is 13.8. The Labute approximate surface area is 239 Å². The average Bonchev–Trinajstić information content (AvgIpc) is 3.37. The summed E-state index contributed by atoms with van der Waals surface area (Å²) in [6.07, 6.45) is 0. The first-order chi connectivity index (χ1) is 19.7. The summed E-state index contributed by atoms with van der Waals surface area (Å²) in [6.45, 7) is 6.07. The van der Waals surface area contributed by atoms with Crippen LogP contribution in [0.15, 0.2) is 78.9 Å². The van der Waals surface area contributed by atoms with Crippen LogP contribution in [0.1, 0.15) is 35.3 Å². The molecule has 1 amide bonds. The van der Waals surface area contributed by atoms with Gasteiger partial charge in [0, 0.05) is 17.2 Å². The Balaban J connectivity index is 1.43. The molecular formula is C33H31N3O5. The monoisotopic (exact) mass is 549 g/mol. The molecule has 8 nitrogen and oxygen atoms in total. The zero-order valence-electron chi connectivity index (χ0n) is 23.6. The fraction of sp³-hybridized carbons (Fsp3) is 0.212. The van der Waals surface area contributed by atoms with Crippen LogP contribution in [0.4, 0.5) is 17.1 Å². The molecule has 0 atom stereocenters. The van der Waals surface area contributed by atoms with Gasteiger partial charge in [0.05, 0.1) is 37.7 Å². The maximum Gasteiger partial charge on any atom is 0.343 e. The maximum absolute atomic E-state index is 13.8. The number of rotatable bonds is 6. The number of para-hydroxylation sites is 2. The van der Waals surface area contributed by atoms with Crippen LogP contribution in [0.5, 0.6) is 17.2 Å². The molecule has 0 spiro atoms. The molecule has 2 heterocycles. The Morgan fingerprint density at radius 2 is 1.59 bits per heavy atom. The lowest BCUT2D eigenvalue weighted by Gasteiger charge is -2.41. The molecule has 0 unspecified atom stereocenters. The number of ether oxygens (including phenoxy) is 3. The number of hydrogen-bond acceptors (Lipinski definition) is 7. The minimum absolute atomic E-state index is 0.0720. The van der Waals surface area contributed by atoms with Gasteiger partial charge in [0.25, 0.3) is 5.91 Å². The van der Waals surface area contributed by atoms with Crippen molar-refractivity contribution in [2.24, 2.45) is 0 Å². The van der Waals surface area contributed by atoms with Gasteiger partial charge < -0.3 is 19.5 Å². The van der Waals surface area contributed by atoms with Crippen molar-refractivity contribution < 1.29 is 23.8 Å². The van der Waals surface area contributed by atoms with Gasteiger partial charge in [0.1, 0.15) is 28.5 Å². The lowest BCUT2D eigenvalue weighted by Crippen LogP contribution is -2.57. The largest absolute Gasteiger partial charge is 0.496 e. The Morgan fingerprint density at radius 1 is 0.878 bits per heavy atom. The van der Waals surface area contributed by atoms with E-state index in [1.807, 2.05) is 86.4 Å². The van der Waals surface area contributed by atoms with Crippen molar-refractivity contribution in [1.82, 2.24) is 0 Å². The highest BCUT2D eigenvalue weighted by Gasteiger charge is 2.47. The predicted octanol–water partition coefficient (Wildman–Crippen LogP) is 6.37. The highest BCUT2D eigenvalue weighted by molar-refractivity contribution is 6.12. The van der Waals surface area contributed by atoms with Crippen molar-refractivity contribution in [2.75, 3.05) is 29.6 Å². The highest BCUT2D eigenvalue weighted by atomic mass is 16.5. The summed E-state index contributed by atoms with van der Waals surface area (Å²) in [5, 5.41) is 7.14. The first-order valence-electron chi connectivity index (χ1n) is 13.4. The van der Waals surface area contributed by atoms with E-state index in [1.165, 1.54) is 0 Å². The second-order valence-electron chi connectivity index (χ2n) is 10.7. The number of benzene rings is 4. The van der Waals surface area contributed by atoms with Crippen LogP contribution in [0.25, 0.3) is 11.1 Å². The molecule has 0 aliphatic carbocycles. The average molecular weight is 550 g/mol. The van der Waals surface area contributed by atoms with Gasteiger partial charge in [-0.05, 0) is 68.3 Å². The lowest BCUT2D eigenvalue weighted by atomic mass is 9.93. The van der Waals surface area contributed by atoms with Crippen molar-refractivity contribution >= 4 is 28.9 Å². The molecule has 8 heteroatoms. The van der Waals surface area contributed by atoms with Crippen molar-refractivity contribution in [3.05, 3.63) is 95.6 Å². The molecule has 2 aliphatic rings. The molecule has 4 aromatic carbocycles. The van der Waals surface area contributed by atoms with Gasteiger partial charge in [-0.1, -0.05) is 36.4 Å². The Hall–Kier alpha value is -4.98. The fourth-order valence-electron chi connectivity index (χ4n) is 5.56.